The van der Waals surface area contributed by atoms with Gasteiger partial charge in [0.05, 0.1) is 0 Å². The normalized spacial score (nSPS) is 8.67. The second kappa shape index (κ2) is 11.3. The molecule has 0 aliphatic carbocycles. The van der Waals surface area contributed by atoms with Gasteiger partial charge < -0.3 is 0 Å². The van der Waals surface area contributed by atoms with Crippen LogP contribution in [0.25, 0.3) is 0 Å². The van der Waals surface area contributed by atoms with Crippen LogP contribution in [0.4, 0.5) is 0 Å². The van der Waals surface area contributed by atoms with Gasteiger partial charge in [-0.2, -0.15) is 0 Å². The van der Waals surface area contributed by atoms with Crippen LogP contribution >= 0.6 is 0 Å². The first-order chi connectivity index (χ1) is 3.91. The minimum absolute atomic E-state index is 0. The molecule has 0 saturated heterocycles. The van der Waals surface area contributed by atoms with Crippen molar-refractivity contribution >= 4 is 0 Å². The Morgan fingerprint density at radius 1 is 0.667 bits per heavy atom. The second-order valence-corrected chi connectivity index (χ2v) is 2.41. The van der Waals surface area contributed by atoms with Crippen molar-refractivity contribution in [1.82, 2.24) is 0 Å². The third-order valence-corrected chi connectivity index (χ3v) is 1.46. The van der Waals surface area contributed by atoms with Gasteiger partial charge in [-0.1, -0.05) is 52.4 Å². The van der Waals surface area contributed by atoms with Crippen molar-refractivity contribution in [1.29, 1.82) is 0 Å². The average molecular weight is 170 g/mol. The van der Waals surface area contributed by atoms with Crippen molar-refractivity contribution in [2.75, 3.05) is 0 Å². The van der Waals surface area contributed by atoms with E-state index in [1.54, 1.807) is 0 Å². The first-order valence-electron chi connectivity index (χ1n) is 3.91. The fraction of sp³-hybridized carbons (Fsp3) is 1.00. The summed E-state index contributed by atoms with van der Waals surface area (Å²) in [5.74, 6) is 0. The van der Waals surface area contributed by atoms with Crippen molar-refractivity contribution in [3.05, 3.63) is 0 Å². The molecule has 0 saturated carbocycles. The molecule has 0 aliphatic rings. The Bertz CT molecular complexity index is 29.5. The number of rotatable bonds is 5. The predicted molar refractivity (Wildman–Crippen MR) is 39.0 cm³/mol. The summed E-state index contributed by atoms with van der Waals surface area (Å²) in [6, 6.07) is 0. The summed E-state index contributed by atoms with van der Waals surface area (Å²) in [5.41, 5.74) is 0. The van der Waals surface area contributed by atoms with E-state index < -0.39 is 0 Å². The van der Waals surface area contributed by atoms with Gasteiger partial charge in [0.15, 0.2) is 0 Å². The molecule has 0 spiro atoms. The van der Waals surface area contributed by atoms with E-state index >= 15 is 0 Å². The van der Waals surface area contributed by atoms with Gasteiger partial charge >= 0.3 is 0 Å². The average Bonchev–Trinajstić information content (AvgIpc) is 1.81. The van der Waals surface area contributed by atoms with Gasteiger partial charge in [0.2, 0.25) is 0 Å². The van der Waals surface area contributed by atoms with Crippen molar-refractivity contribution in [2.24, 2.45) is 0 Å². The number of hydrogen-bond acceptors (Lipinski definition) is 0. The summed E-state index contributed by atoms with van der Waals surface area (Å²) in [5, 5.41) is 0. The van der Waals surface area contributed by atoms with Crippen molar-refractivity contribution in [3.8, 4) is 0 Å². The summed E-state index contributed by atoms with van der Waals surface area (Å²) in [6.45, 7) is 4.51. The Balaban J connectivity index is 0. The molecule has 0 aromatic carbocycles. The van der Waals surface area contributed by atoms with Gasteiger partial charge in [0.25, 0.3) is 0 Å². The SMILES string of the molecule is CCCCCCCC.[Fe]. The van der Waals surface area contributed by atoms with E-state index in [0.29, 0.717) is 0 Å². The van der Waals surface area contributed by atoms with E-state index in [0.717, 1.165) is 0 Å². The first kappa shape index (κ1) is 12.2. The molecule has 0 rings (SSSR count). The smallest absolute Gasteiger partial charge is 0 e. The van der Waals surface area contributed by atoms with Gasteiger partial charge in [0.1, 0.15) is 0 Å². The molecule has 1 heteroatoms. The molecule has 0 heterocycles. The van der Waals surface area contributed by atoms with Crippen LogP contribution in [0.1, 0.15) is 52.4 Å². The molecule has 0 N–H and O–H groups in total. The largest absolute Gasteiger partial charge is 0.0654 e. The minimum atomic E-state index is 0. The summed E-state index contributed by atoms with van der Waals surface area (Å²) in [6.07, 6.45) is 8.49. The van der Waals surface area contributed by atoms with Gasteiger partial charge in [-0.25, -0.2) is 0 Å². The van der Waals surface area contributed by atoms with Crippen LogP contribution < -0.4 is 0 Å². The van der Waals surface area contributed by atoms with Gasteiger partial charge in [0, 0.05) is 17.1 Å². The number of hydrogen-bond donors (Lipinski definition) is 0. The molecule has 9 heavy (non-hydrogen) atoms. The molecule has 0 aromatic heterocycles. The van der Waals surface area contributed by atoms with E-state index in [2.05, 4.69) is 13.8 Å². The van der Waals surface area contributed by atoms with Crippen LogP contribution in [0, 0.1) is 0 Å². The Morgan fingerprint density at radius 3 is 1.22 bits per heavy atom. The zero-order chi connectivity index (χ0) is 6.24. The van der Waals surface area contributed by atoms with Crippen LogP contribution in [-0.2, 0) is 17.1 Å². The first-order valence-corrected chi connectivity index (χ1v) is 3.91. The quantitative estimate of drug-likeness (QED) is 0.438. The number of unbranched alkanes of at least 4 members (excludes halogenated alkanes) is 5. The monoisotopic (exact) mass is 170 g/mol. The Morgan fingerprint density at radius 2 is 1.00 bits per heavy atom. The van der Waals surface area contributed by atoms with E-state index in [-0.39, 0.29) is 17.1 Å². The van der Waals surface area contributed by atoms with Crippen LogP contribution in [0.15, 0.2) is 0 Å². The molecule has 0 fully saturated rings. The predicted octanol–water partition coefficient (Wildman–Crippen LogP) is 3.36. The zero-order valence-electron chi connectivity index (χ0n) is 6.60. The molecule has 0 bridgehead atoms. The zero-order valence-corrected chi connectivity index (χ0v) is 7.70. The third kappa shape index (κ3) is 11.9. The van der Waals surface area contributed by atoms with Crippen molar-refractivity contribution < 1.29 is 17.1 Å². The molecule has 0 amide bonds. The van der Waals surface area contributed by atoms with Gasteiger partial charge in [-0.15, -0.1) is 0 Å². The molecular weight excluding hydrogens is 152 g/mol. The minimum Gasteiger partial charge on any atom is -0.0654 e. The Labute approximate surface area is 69.9 Å². The Kier molecular flexibility index (Phi) is 15.4. The van der Waals surface area contributed by atoms with Crippen LogP contribution in [-0.4, -0.2) is 0 Å². The van der Waals surface area contributed by atoms with E-state index in [1.807, 2.05) is 0 Å². The molecule has 0 radical (unpaired) electrons. The molecule has 58 valence electrons. The molecular formula is C8H18Fe. The van der Waals surface area contributed by atoms with E-state index in [1.165, 1.54) is 38.5 Å². The molecule has 0 atom stereocenters. The third-order valence-electron chi connectivity index (χ3n) is 1.46. The molecule has 0 aliphatic heterocycles. The summed E-state index contributed by atoms with van der Waals surface area (Å²) < 4.78 is 0. The summed E-state index contributed by atoms with van der Waals surface area (Å²) in [4.78, 5) is 0. The van der Waals surface area contributed by atoms with Crippen LogP contribution in [0.5, 0.6) is 0 Å². The van der Waals surface area contributed by atoms with E-state index in [4.69, 9.17) is 0 Å². The van der Waals surface area contributed by atoms with Crippen molar-refractivity contribution in [2.45, 2.75) is 52.4 Å². The van der Waals surface area contributed by atoms with E-state index in [9.17, 15) is 0 Å². The standard InChI is InChI=1S/C8H18.Fe/c1-3-5-7-8-6-4-2;/h3-8H2,1-2H3;. The van der Waals surface area contributed by atoms with Gasteiger partial charge in [-0.05, 0) is 0 Å². The maximum Gasteiger partial charge on any atom is 0 e. The maximum absolute atomic E-state index is 2.26. The van der Waals surface area contributed by atoms with Crippen LogP contribution in [0.3, 0.4) is 0 Å². The summed E-state index contributed by atoms with van der Waals surface area (Å²) >= 11 is 0. The van der Waals surface area contributed by atoms with Crippen molar-refractivity contribution in [3.63, 3.8) is 0 Å². The Hall–Kier alpha value is 0.519. The second-order valence-electron chi connectivity index (χ2n) is 2.41. The topological polar surface area (TPSA) is 0 Å². The molecule has 0 unspecified atom stereocenters. The molecule has 0 aromatic rings. The maximum atomic E-state index is 2.26. The molecule has 0 nitrogen and oxygen atoms in total. The fourth-order valence-corrected chi connectivity index (χ4v) is 0.854. The van der Waals surface area contributed by atoms with Crippen LogP contribution in [0.2, 0.25) is 0 Å². The fourth-order valence-electron chi connectivity index (χ4n) is 0.854. The van der Waals surface area contributed by atoms with Gasteiger partial charge in [-0.3, -0.25) is 0 Å². The summed E-state index contributed by atoms with van der Waals surface area (Å²) in [7, 11) is 0.